The number of ketones is 1. The lowest BCUT2D eigenvalue weighted by Crippen LogP contribution is -2.70. The molecule has 4 aliphatic carbocycles. The molecule has 224 valence electrons. The second kappa shape index (κ2) is 10.4. The normalized spacial score (nSPS) is 39.2. The van der Waals surface area contributed by atoms with Crippen LogP contribution in [0.25, 0.3) is 0 Å². The van der Waals surface area contributed by atoms with Gasteiger partial charge in [0.25, 0.3) is 5.91 Å². The Morgan fingerprint density at radius 2 is 1.90 bits per heavy atom. The van der Waals surface area contributed by atoms with Gasteiger partial charge in [0.2, 0.25) is 0 Å². The number of hydrogen-bond donors (Lipinski definition) is 3. The van der Waals surface area contributed by atoms with Gasteiger partial charge in [-0.1, -0.05) is 25.5 Å². The van der Waals surface area contributed by atoms with Gasteiger partial charge in [-0.25, -0.2) is 4.39 Å². The van der Waals surface area contributed by atoms with E-state index in [0.717, 1.165) is 0 Å². The maximum atomic E-state index is 17.3. The fraction of sp³-hybridized carbons (Fsp3) is 0.625. The van der Waals surface area contributed by atoms with Gasteiger partial charge in [-0.05, 0) is 75.1 Å². The van der Waals surface area contributed by atoms with Crippen LogP contribution >= 0.6 is 0 Å². The van der Waals surface area contributed by atoms with Gasteiger partial charge in [0.1, 0.15) is 5.75 Å². The minimum atomic E-state index is -2.00. The molecule has 0 saturated heterocycles. The molecule has 0 aliphatic heterocycles. The van der Waals surface area contributed by atoms with E-state index in [1.807, 2.05) is 13.8 Å². The van der Waals surface area contributed by atoms with Gasteiger partial charge in [-0.2, -0.15) is 0 Å². The molecule has 3 saturated carbocycles. The number of aliphatic hydroxyl groups excluding tert-OH is 1. The van der Waals surface area contributed by atoms with E-state index in [2.05, 4.69) is 5.32 Å². The Morgan fingerprint density at radius 1 is 1.17 bits per heavy atom. The van der Waals surface area contributed by atoms with E-state index in [1.165, 1.54) is 12.2 Å². The van der Waals surface area contributed by atoms with Crippen molar-refractivity contribution in [1.82, 2.24) is 5.32 Å². The molecule has 1 aromatic carbocycles. The zero-order valence-electron chi connectivity index (χ0n) is 24.5. The number of rotatable bonds is 8. The number of aliphatic hydroxyl groups is 2. The Morgan fingerprint density at radius 3 is 2.61 bits per heavy atom. The molecule has 0 radical (unpaired) electrons. The Kier molecular flexibility index (Phi) is 7.52. The summed E-state index contributed by atoms with van der Waals surface area (Å²) in [4.78, 5) is 25.7. The van der Waals surface area contributed by atoms with Crippen molar-refractivity contribution in [3.63, 3.8) is 0 Å². The predicted molar refractivity (Wildman–Crippen MR) is 151 cm³/mol. The summed E-state index contributed by atoms with van der Waals surface area (Å²) >= 11 is 0. The van der Waals surface area contributed by atoms with Crippen LogP contribution in [0.2, 0.25) is 0 Å². The number of hydrogen-bond acceptors (Lipinski definition) is 7. The number of ether oxygens (including phenoxy) is 3. The highest BCUT2D eigenvalue weighted by molar-refractivity contribution is 6.01. The van der Waals surface area contributed by atoms with Crippen LogP contribution in [-0.4, -0.2) is 66.6 Å². The average molecular weight is 572 g/mol. The molecule has 8 nitrogen and oxygen atoms in total. The third-order valence-corrected chi connectivity index (χ3v) is 10.8. The molecular weight excluding hydrogens is 529 g/mol. The Bertz CT molecular complexity index is 1280. The first kappa shape index (κ1) is 29.6. The van der Waals surface area contributed by atoms with Gasteiger partial charge in [0.15, 0.2) is 28.6 Å². The van der Waals surface area contributed by atoms with Crippen LogP contribution in [0, 0.1) is 28.6 Å². The number of carbonyl (C=O) groups excluding carboxylic acids is 2. The van der Waals surface area contributed by atoms with Crippen molar-refractivity contribution in [3.05, 3.63) is 42.0 Å². The molecule has 0 heterocycles. The summed E-state index contributed by atoms with van der Waals surface area (Å²) < 4.78 is 33.6. The molecule has 0 spiro atoms. The monoisotopic (exact) mass is 571 g/mol. The summed E-state index contributed by atoms with van der Waals surface area (Å²) in [6, 6.07) is 5.25. The first-order valence-corrected chi connectivity index (χ1v) is 14.5. The molecule has 0 bridgehead atoms. The van der Waals surface area contributed by atoms with Crippen molar-refractivity contribution in [1.29, 1.82) is 0 Å². The van der Waals surface area contributed by atoms with Crippen LogP contribution < -0.4 is 19.5 Å². The van der Waals surface area contributed by atoms with Gasteiger partial charge in [0.05, 0.1) is 26.9 Å². The van der Waals surface area contributed by atoms with E-state index in [1.54, 1.807) is 45.4 Å². The molecule has 41 heavy (non-hydrogen) atoms. The van der Waals surface area contributed by atoms with Crippen LogP contribution in [0.1, 0.15) is 52.9 Å². The van der Waals surface area contributed by atoms with E-state index in [-0.39, 0.29) is 24.7 Å². The number of fused-ring (bicyclic) bond motifs is 5. The van der Waals surface area contributed by atoms with Crippen LogP contribution in [-0.2, 0) is 9.59 Å². The van der Waals surface area contributed by atoms with Crippen molar-refractivity contribution in [3.8, 4) is 17.2 Å². The van der Waals surface area contributed by atoms with Crippen LogP contribution in [0.4, 0.5) is 4.39 Å². The summed E-state index contributed by atoms with van der Waals surface area (Å²) in [7, 11) is 3.11. The summed E-state index contributed by atoms with van der Waals surface area (Å²) in [5.74, 6) is -0.194. The van der Waals surface area contributed by atoms with Crippen LogP contribution in [0.15, 0.2) is 42.0 Å². The third kappa shape index (κ3) is 4.22. The fourth-order valence-corrected chi connectivity index (χ4v) is 8.54. The number of benzene rings is 1. The molecular formula is C32H42FNO7. The Labute approximate surface area is 240 Å². The van der Waals surface area contributed by atoms with Gasteiger partial charge >= 0.3 is 0 Å². The molecule has 9 heteroatoms. The minimum Gasteiger partial charge on any atom is -0.493 e. The van der Waals surface area contributed by atoms with Crippen molar-refractivity contribution < 1.29 is 38.4 Å². The highest BCUT2D eigenvalue weighted by Crippen LogP contribution is 2.70. The molecule has 0 aromatic heterocycles. The number of carbonyl (C=O) groups is 2. The van der Waals surface area contributed by atoms with Crippen molar-refractivity contribution in [2.24, 2.45) is 28.6 Å². The maximum absolute atomic E-state index is 17.3. The lowest BCUT2D eigenvalue weighted by molar-refractivity contribution is -0.219. The summed E-state index contributed by atoms with van der Waals surface area (Å²) in [6.45, 7) is 6.05. The lowest BCUT2D eigenvalue weighted by atomic mass is 9.44. The SMILES string of the molecule is COc1ccc(OCCCNC(=O)[C@@]2(O)[C@H](C)CC3[C@@H]4CCC5=CC(=O)C=C[C@]5(C)[C@@]4(F)[C@@H](O)C[C@@]32C)cc1OC. The van der Waals surface area contributed by atoms with Crippen LogP contribution in [0.3, 0.4) is 0 Å². The summed E-state index contributed by atoms with van der Waals surface area (Å²) in [5, 5.41) is 26.4. The largest absolute Gasteiger partial charge is 0.493 e. The average Bonchev–Trinajstić information content (AvgIpc) is 3.15. The van der Waals surface area contributed by atoms with E-state index in [9.17, 15) is 19.8 Å². The van der Waals surface area contributed by atoms with Crippen molar-refractivity contribution in [2.75, 3.05) is 27.4 Å². The van der Waals surface area contributed by atoms with Gasteiger partial charge in [-0.15, -0.1) is 0 Å². The van der Waals surface area contributed by atoms with Gasteiger partial charge < -0.3 is 29.7 Å². The minimum absolute atomic E-state index is 0.0496. The van der Waals surface area contributed by atoms with Gasteiger partial charge in [0, 0.05) is 29.4 Å². The van der Waals surface area contributed by atoms with Crippen molar-refractivity contribution >= 4 is 11.7 Å². The molecule has 3 N–H and O–H groups in total. The lowest BCUT2D eigenvalue weighted by Gasteiger charge is -2.62. The zero-order valence-corrected chi connectivity index (χ0v) is 24.5. The Balaban J connectivity index is 1.27. The number of methoxy groups -OCH3 is 2. The smallest absolute Gasteiger partial charge is 0.252 e. The van der Waals surface area contributed by atoms with E-state index < -0.39 is 45.9 Å². The second-order valence-corrected chi connectivity index (χ2v) is 12.6. The molecule has 8 atom stereocenters. The van der Waals surface area contributed by atoms with E-state index >= 15 is 4.39 Å². The number of allylic oxidation sites excluding steroid dienone is 4. The molecule has 1 unspecified atom stereocenters. The number of alkyl halides is 1. The van der Waals surface area contributed by atoms with E-state index in [4.69, 9.17) is 14.2 Å². The quantitative estimate of drug-likeness (QED) is 0.405. The van der Waals surface area contributed by atoms with Crippen LogP contribution in [0.5, 0.6) is 17.2 Å². The summed E-state index contributed by atoms with van der Waals surface area (Å²) in [6.07, 6.45) is 5.04. The number of nitrogens with one attached hydrogen (secondary N) is 1. The first-order valence-electron chi connectivity index (χ1n) is 14.5. The Hall–Kier alpha value is -2.91. The maximum Gasteiger partial charge on any atom is 0.252 e. The zero-order chi connectivity index (χ0) is 29.8. The topological polar surface area (TPSA) is 114 Å². The molecule has 1 aromatic rings. The fourth-order valence-electron chi connectivity index (χ4n) is 8.54. The predicted octanol–water partition coefficient (Wildman–Crippen LogP) is 3.94. The number of halogens is 1. The molecule has 3 fully saturated rings. The molecule has 5 rings (SSSR count). The molecule has 1 amide bonds. The first-order chi connectivity index (χ1) is 19.4. The molecule has 4 aliphatic rings. The van der Waals surface area contributed by atoms with Crippen molar-refractivity contribution in [2.45, 2.75) is 70.2 Å². The standard InChI is InChI=1S/C32H42FNO7/c1-19-15-24-23-9-7-20-16-21(35)11-12-29(20,2)31(23,33)27(36)18-30(24,3)32(19,38)28(37)34-13-6-14-41-22-8-10-25(39-4)26(17-22)40-5/h8,10-12,16-17,19,23-24,27,36,38H,6-7,9,13-15,18H2,1-5H3,(H,34,37)/t19-,23+,24?,27+,29+,30+,31+,32+/m1/s1. The van der Waals surface area contributed by atoms with E-state index in [0.29, 0.717) is 55.1 Å². The highest BCUT2D eigenvalue weighted by Gasteiger charge is 2.75. The summed E-state index contributed by atoms with van der Waals surface area (Å²) in [5.41, 5.74) is -5.18. The van der Waals surface area contributed by atoms with Gasteiger partial charge in [-0.3, -0.25) is 9.59 Å². The second-order valence-electron chi connectivity index (χ2n) is 12.6. The third-order valence-electron chi connectivity index (χ3n) is 10.8. The highest BCUT2D eigenvalue weighted by atomic mass is 19.1. The number of amides is 1.